The van der Waals surface area contributed by atoms with Crippen LogP contribution in [0.15, 0.2) is 46.7 Å². The highest BCUT2D eigenvalue weighted by Crippen LogP contribution is 2.42. The minimum Gasteiger partial charge on any atom is -0.491 e. The molecule has 0 aromatic heterocycles. The van der Waals surface area contributed by atoms with Gasteiger partial charge in [0, 0.05) is 29.6 Å². The molecule has 2 aromatic rings. The smallest absolute Gasteiger partial charge is 0.351 e. The Hall–Kier alpha value is -3.53. The summed E-state index contributed by atoms with van der Waals surface area (Å²) in [5.41, 5.74) is 5.38. The number of rotatable bonds is 4. The van der Waals surface area contributed by atoms with Crippen molar-refractivity contribution >= 4 is 23.3 Å². The molecule has 0 radical (unpaired) electrons. The molecule has 0 amide bonds. The molecule has 8 nitrogen and oxygen atoms in total. The van der Waals surface area contributed by atoms with Crippen molar-refractivity contribution in [2.75, 3.05) is 29.4 Å². The Labute approximate surface area is 164 Å². The van der Waals surface area contributed by atoms with E-state index in [1.807, 2.05) is 25.1 Å². The minimum absolute atomic E-state index is 0.133. The fraction of sp³-hybridized carbons (Fsp3) is 0.211. The first kappa shape index (κ1) is 17.6. The Balaban J connectivity index is 1.57. The molecule has 2 aromatic carbocycles. The van der Waals surface area contributed by atoms with Crippen LogP contribution in [0.4, 0.5) is 25.8 Å². The lowest BCUT2D eigenvalue weighted by Crippen LogP contribution is -2.51. The Morgan fingerprint density at radius 1 is 1.24 bits per heavy atom. The van der Waals surface area contributed by atoms with E-state index in [9.17, 15) is 8.78 Å². The quantitative estimate of drug-likeness (QED) is 0.727. The van der Waals surface area contributed by atoms with Crippen molar-refractivity contribution in [3.8, 4) is 11.5 Å². The summed E-state index contributed by atoms with van der Waals surface area (Å²) >= 11 is 0. The monoisotopic (exact) mass is 401 g/mol. The van der Waals surface area contributed by atoms with E-state index in [0.717, 1.165) is 34.8 Å². The average Bonchev–Trinajstić information content (AvgIpc) is 3.26. The number of anilines is 3. The SMILES string of the molecule is COc1c(F)cc(NC23N=CC(C)=C(NO2)N3c2ccc3c(c2)NCO3)cc1F. The number of ether oxygens (including phenoxy) is 2. The second-order valence-corrected chi connectivity index (χ2v) is 6.68. The summed E-state index contributed by atoms with van der Waals surface area (Å²) in [6, 6.07) is 7.81. The van der Waals surface area contributed by atoms with Crippen LogP contribution >= 0.6 is 0 Å². The maximum absolute atomic E-state index is 14.2. The summed E-state index contributed by atoms with van der Waals surface area (Å²) in [5.74, 6) is -2.22. The topological polar surface area (TPSA) is 79.4 Å². The lowest BCUT2D eigenvalue weighted by molar-refractivity contribution is -0.0214. The zero-order chi connectivity index (χ0) is 20.2. The first-order valence-electron chi connectivity index (χ1n) is 8.83. The number of allylic oxidation sites excluding steroid dienone is 1. The summed E-state index contributed by atoms with van der Waals surface area (Å²) in [7, 11) is 1.20. The van der Waals surface area contributed by atoms with Gasteiger partial charge in [-0.2, -0.15) is 0 Å². The molecule has 150 valence electrons. The molecule has 0 saturated carbocycles. The van der Waals surface area contributed by atoms with Crippen molar-refractivity contribution in [1.82, 2.24) is 5.48 Å². The number of hydrogen-bond donors (Lipinski definition) is 3. The number of benzene rings is 2. The normalized spacial score (nSPS) is 21.4. The van der Waals surface area contributed by atoms with Crippen LogP contribution in [0.5, 0.6) is 11.5 Å². The van der Waals surface area contributed by atoms with Crippen LogP contribution in [0, 0.1) is 11.6 Å². The van der Waals surface area contributed by atoms with Gasteiger partial charge >= 0.3 is 5.97 Å². The van der Waals surface area contributed by atoms with E-state index in [1.165, 1.54) is 7.11 Å². The standard InChI is InChI=1S/C19H17F2N5O3/c1-10-8-23-19(24-11-5-13(20)17(27-2)14(21)6-11)26(18(10)25-29-19)12-3-4-16-15(7-12)22-9-28-16/h3-8,22,24-25H,9H2,1-2H3. The molecular formula is C19H17F2N5O3. The molecule has 10 heteroatoms. The summed E-state index contributed by atoms with van der Waals surface area (Å²) in [6.07, 6.45) is 1.63. The minimum atomic E-state index is -1.48. The van der Waals surface area contributed by atoms with Crippen LogP contribution in [0.1, 0.15) is 6.92 Å². The molecule has 1 fully saturated rings. The van der Waals surface area contributed by atoms with Crippen LogP contribution in [0.3, 0.4) is 0 Å². The van der Waals surface area contributed by atoms with Crippen LogP contribution < -0.4 is 30.5 Å². The van der Waals surface area contributed by atoms with Gasteiger partial charge in [-0.15, -0.1) is 0 Å². The average molecular weight is 401 g/mol. The first-order valence-corrected chi connectivity index (χ1v) is 8.83. The number of nitrogens with one attached hydrogen (secondary N) is 3. The molecule has 3 aliphatic rings. The highest BCUT2D eigenvalue weighted by Gasteiger charge is 2.49. The van der Waals surface area contributed by atoms with Gasteiger partial charge in [0.1, 0.15) is 11.6 Å². The molecule has 3 N–H and O–H groups in total. The number of aliphatic imine (C=N–C) groups is 1. The van der Waals surface area contributed by atoms with Gasteiger partial charge in [0.25, 0.3) is 0 Å². The summed E-state index contributed by atoms with van der Waals surface area (Å²) in [5, 5.41) is 6.11. The molecule has 3 heterocycles. The molecule has 1 atom stereocenters. The summed E-state index contributed by atoms with van der Waals surface area (Å²) < 4.78 is 38.6. The van der Waals surface area contributed by atoms with Crippen LogP contribution in [0.25, 0.3) is 0 Å². The fourth-order valence-corrected chi connectivity index (χ4v) is 3.49. The third-order valence-electron chi connectivity index (χ3n) is 4.84. The van der Waals surface area contributed by atoms with E-state index in [1.54, 1.807) is 11.1 Å². The Bertz CT molecular complexity index is 1050. The molecule has 3 aliphatic heterocycles. The zero-order valence-electron chi connectivity index (χ0n) is 15.5. The highest BCUT2D eigenvalue weighted by atomic mass is 19.1. The van der Waals surface area contributed by atoms with Crippen molar-refractivity contribution in [3.63, 3.8) is 0 Å². The zero-order valence-corrected chi connectivity index (χ0v) is 15.5. The maximum atomic E-state index is 14.2. The molecule has 5 rings (SSSR count). The molecule has 29 heavy (non-hydrogen) atoms. The van der Waals surface area contributed by atoms with E-state index >= 15 is 0 Å². The van der Waals surface area contributed by atoms with Crippen molar-refractivity contribution in [3.05, 3.63) is 53.4 Å². The van der Waals surface area contributed by atoms with E-state index in [2.05, 4.69) is 21.1 Å². The van der Waals surface area contributed by atoms with Crippen molar-refractivity contribution < 1.29 is 23.1 Å². The molecule has 0 aliphatic carbocycles. The van der Waals surface area contributed by atoms with Gasteiger partial charge < -0.3 is 20.1 Å². The van der Waals surface area contributed by atoms with Crippen LogP contribution in [0.2, 0.25) is 0 Å². The maximum Gasteiger partial charge on any atom is 0.351 e. The van der Waals surface area contributed by atoms with Crippen molar-refractivity contribution in [2.24, 2.45) is 4.99 Å². The van der Waals surface area contributed by atoms with Gasteiger partial charge in [0.2, 0.25) is 0 Å². The van der Waals surface area contributed by atoms with Crippen LogP contribution in [-0.2, 0) is 4.84 Å². The summed E-state index contributed by atoms with van der Waals surface area (Å²) in [6.45, 7) is 2.26. The second-order valence-electron chi connectivity index (χ2n) is 6.68. The first-order chi connectivity index (χ1) is 14.0. The lowest BCUT2D eigenvalue weighted by atomic mass is 10.2. The van der Waals surface area contributed by atoms with Gasteiger partial charge in [-0.05, 0) is 25.1 Å². The molecule has 1 unspecified atom stereocenters. The number of fused-ring (bicyclic) bond motifs is 3. The van der Waals surface area contributed by atoms with Gasteiger partial charge in [0.05, 0.1) is 18.5 Å². The van der Waals surface area contributed by atoms with E-state index in [-0.39, 0.29) is 5.69 Å². The molecule has 1 saturated heterocycles. The van der Waals surface area contributed by atoms with Crippen molar-refractivity contribution in [1.29, 1.82) is 0 Å². The van der Waals surface area contributed by atoms with Crippen LogP contribution in [-0.4, -0.2) is 26.0 Å². The lowest BCUT2D eigenvalue weighted by Gasteiger charge is -2.36. The number of hydrogen-bond acceptors (Lipinski definition) is 8. The predicted octanol–water partition coefficient (Wildman–Crippen LogP) is 3.12. The number of methoxy groups -OCH3 is 1. The predicted molar refractivity (Wildman–Crippen MR) is 103 cm³/mol. The number of nitrogens with zero attached hydrogens (tertiary/aromatic N) is 2. The van der Waals surface area contributed by atoms with Crippen molar-refractivity contribution in [2.45, 2.75) is 12.9 Å². The number of halogens is 2. The van der Waals surface area contributed by atoms with Gasteiger partial charge in [0.15, 0.2) is 24.1 Å². The Kier molecular flexibility index (Phi) is 3.78. The largest absolute Gasteiger partial charge is 0.491 e. The Morgan fingerprint density at radius 3 is 2.79 bits per heavy atom. The Morgan fingerprint density at radius 2 is 2.03 bits per heavy atom. The molecule has 0 spiro atoms. The molecule has 2 bridgehead atoms. The molecular weight excluding hydrogens is 384 g/mol. The van der Waals surface area contributed by atoms with Gasteiger partial charge in [-0.3, -0.25) is 4.90 Å². The third kappa shape index (κ3) is 2.64. The highest BCUT2D eigenvalue weighted by molar-refractivity contribution is 5.85. The van der Waals surface area contributed by atoms with E-state index in [4.69, 9.17) is 14.3 Å². The second kappa shape index (κ2) is 6.24. The van der Waals surface area contributed by atoms with E-state index < -0.39 is 23.4 Å². The van der Waals surface area contributed by atoms with Gasteiger partial charge in [-0.1, -0.05) is 0 Å². The number of hydroxylamine groups is 1. The van der Waals surface area contributed by atoms with E-state index in [0.29, 0.717) is 12.6 Å². The fourth-order valence-electron chi connectivity index (χ4n) is 3.49. The summed E-state index contributed by atoms with van der Waals surface area (Å²) in [4.78, 5) is 12.0. The van der Waals surface area contributed by atoms with Gasteiger partial charge in [-0.25, -0.2) is 24.1 Å². The third-order valence-corrected chi connectivity index (χ3v) is 4.84.